The van der Waals surface area contributed by atoms with E-state index in [2.05, 4.69) is 5.32 Å². The predicted octanol–water partition coefficient (Wildman–Crippen LogP) is -2.85. The zero-order valence-electron chi connectivity index (χ0n) is 10.2. The Kier molecular flexibility index (Phi) is 5.45. The van der Waals surface area contributed by atoms with Crippen molar-refractivity contribution in [3.8, 4) is 0 Å². The summed E-state index contributed by atoms with van der Waals surface area (Å²) < 4.78 is 16.1. The van der Waals surface area contributed by atoms with E-state index in [9.17, 15) is 19.6 Å². The molecule has 1 aliphatic heterocycles. The zero-order chi connectivity index (χ0) is 14.8. The van der Waals surface area contributed by atoms with Gasteiger partial charge >= 0.3 is 7.60 Å². The molecule has 6 N–H and O–H groups in total. The van der Waals surface area contributed by atoms with E-state index in [0.717, 1.165) is 6.92 Å². The van der Waals surface area contributed by atoms with Crippen molar-refractivity contribution in [3.05, 3.63) is 0 Å². The molecule has 0 saturated carbocycles. The van der Waals surface area contributed by atoms with Gasteiger partial charge in [0.05, 0.1) is 24.9 Å². The molecule has 3 unspecified atom stereocenters. The Balaban J connectivity index is 2.92. The molecule has 1 aliphatic rings. The molecule has 1 heterocycles. The molecular formula is C9H18NO8P. The minimum atomic E-state index is -4.45. The summed E-state index contributed by atoms with van der Waals surface area (Å²) in [5.41, 5.74) is 0. The molecule has 0 spiro atoms. The molecule has 0 radical (unpaired) electrons. The molecular weight excluding hydrogens is 281 g/mol. The van der Waals surface area contributed by atoms with Crippen LogP contribution in [0, 0.1) is 0 Å². The summed E-state index contributed by atoms with van der Waals surface area (Å²) in [6, 6.07) is -1.16. The van der Waals surface area contributed by atoms with Crippen LogP contribution in [0.1, 0.15) is 6.92 Å². The Bertz CT molecular complexity index is 371. The van der Waals surface area contributed by atoms with Crippen LogP contribution in [0.2, 0.25) is 0 Å². The van der Waals surface area contributed by atoms with Crippen molar-refractivity contribution in [2.75, 3.05) is 12.8 Å². The summed E-state index contributed by atoms with van der Waals surface area (Å²) in [6.07, 6.45) is -6.07. The lowest BCUT2D eigenvalue weighted by Crippen LogP contribution is -2.64. The smallest absolute Gasteiger partial charge is 0.328 e. The monoisotopic (exact) mass is 299 g/mol. The van der Waals surface area contributed by atoms with E-state index in [1.54, 1.807) is 0 Å². The first-order chi connectivity index (χ1) is 8.65. The molecule has 0 bridgehead atoms. The number of ether oxygens (including phenoxy) is 1. The van der Waals surface area contributed by atoms with Crippen molar-refractivity contribution in [1.29, 1.82) is 0 Å². The molecule has 1 saturated heterocycles. The van der Waals surface area contributed by atoms with Crippen LogP contribution < -0.4 is 5.32 Å². The third kappa shape index (κ3) is 4.50. The van der Waals surface area contributed by atoms with Crippen molar-refractivity contribution < 1.29 is 39.2 Å². The number of rotatable bonds is 4. The first kappa shape index (κ1) is 16.5. The first-order valence-corrected chi connectivity index (χ1v) is 7.39. The van der Waals surface area contributed by atoms with Gasteiger partial charge in [-0.1, -0.05) is 0 Å². The average molecular weight is 299 g/mol. The fourth-order valence-electron chi connectivity index (χ4n) is 2.00. The van der Waals surface area contributed by atoms with Crippen molar-refractivity contribution in [2.45, 2.75) is 37.4 Å². The van der Waals surface area contributed by atoms with Crippen LogP contribution in [0.4, 0.5) is 0 Å². The molecule has 0 aromatic heterocycles. The van der Waals surface area contributed by atoms with Gasteiger partial charge in [-0.15, -0.1) is 0 Å². The summed E-state index contributed by atoms with van der Waals surface area (Å²) in [5.74, 6) is -0.544. The summed E-state index contributed by atoms with van der Waals surface area (Å²) in [6.45, 7) is 0.536. The van der Waals surface area contributed by atoms with Crippen molar-refractivity contribution in [2.24, 2.45) is 0 Å². The van der Waals surface area contributed by atoms with Gasteiger partial charge in [-0.25, -0.2) is 0 Å². The quantitative estimate of drug-likeness (QED) is 0.303. The van der Waals surface area contributed by atoms with Crippen molar-refractivity contribution >= 4 is 13.5 Å². The highest BCUT2D eigenvalue weighted by Crippen LogP contribution is 2.38. The lowest BCUT2D eigenvalue weighted by molar-refractivity contribution is -0.190. The molecule has 1 fully saturated rings. The number of aliphatic hydroxyl groups excluding tert-OH is 3. The second-order valence-electron chi connectivity index (χ2n) is 4.45. The van der Waals surface area contributed by atoms with Gasteiger partial charge in [-0.2, -0.15) is 0 Å². The van der Waals surface area contributed by atoms with Crippen LogP contribution >= 0.6 is 7.60 Å². The van der Waals surface area contributed by atoms with Gasteiger partial charge < -0.3 is 35.2 Å². The van der Waals surface area contributed by atoms with Crippen LogP contribution in [0.15, 0.2) is 0 Å². The number of carbonyl (C=O) groups excluding carboxylic acids is 1. The molecule has 0 aromatic rings. The fraction of sp³-hybridized carbons (Fsp3) is 0.889. The Hall–Kier alpha value is -0.540. The van der Waals surface area contributed by atoms with Gasteiger partial charge in [0.1, 0.15) is 18.3 Å². The van der Waals surface area contributed by atoms with E-state index in [1.165, 1.54) is 0 Å². The predicted molar refractivity (Wildman–Crippen MR) is 62.3 cm³/mol. The SMILES string of the molecule is CC(=O)NC1C(O)[C@H](O)C(CO)O[C@@H]1CP(=O)(O)O. The van der Waals surface area contributed by atoms with E-state index in [1.807, 2.05) is 0 Å². The molecule has 19 heavy (non-hydrogen) atoms. The van der Waals surface area contributed by atoms with Gasteiger partial charge in [0.15, 0.2) is 0 Å². The van der Waals surface area contributed by atoms with Crippen LogP contribution in [-0.4, -0.2) is 74.2 Å². The maximum atomic E-state index is 11.0. The van der Waals surface area contributed by atoms with E-state index in [0.29, 0.717) is 0 Å². The maximum absolute atomic E-state index is 11.0. The van der Waals surface area contributed by atoms with Gasteiger partial charge in [0.25, 0.3) is 0 Å². The molecule has 5 atom stereocenters. The molecule has 10 heteroatoms. The maximum Gasteiger partial charge on any atom is 0.328 e. The molecule has 0 aromatic carbocycles. The highest BCUT2D eigenvalue weighted by molar-refractivity contribution is 7.51. The molecule has 1 amide bonds. The summed E-state index contributed by atoms with van der Waals surface area (Å²) in [5, 5.41) is 30.8. The van der Waals surface area contributed by atoms with Gasteiger partial charge in [0.2, 0.25) is 5.91 Å². The zero-order valence-corrected chi connectivity index (χ0v) is 11.1. The average Bonchev–Trinajstić information content (AvgIpc) is 2.26. The number of nitrogens with one attached hydrogen (secondary N) is 1. The van der Waals surface area contributed by atoms with E-state index < -0.39 is 56.7 Å². The normalized spacial score (nSPS) is 36.0. The molecule has 0 aliphatic carbocycles. The highest BCUT2D eigenvalue weighted by Gasteiger charge is 2.46. The molecule has 112 valence electrons. The van der Waals surface area contributed by atoms with Crippen molar-refractivity contribution in [1.82, 2.24) is 5.32 Å². The lowest BCUT2D eigenvalue weighted by Gasteiger charge is -2.42. The Labute approximate surface area is 109 Å². The van der Waals surface area contributed by atoms with Crippen LogP contribution in [-0.2, 0) is 14.1 Å². The van der Waals surface area contributed by atoms with Gasteiger partial charge in [-0.05, 0) is 0 Å². The second kappa shape index (κ2) is 6.27. The van der Waals surface area contributed by atoms with Crippen LogP contribution in [0.3, 0.4) is 0 Å². The lowest BCUT2D eigenvalue weighted by atomic mass is 9.93. The first-order valence-electron chi connectivity index (χ1n) is 5.60. The van der Waals surface area contributed by atoms with E-state index in [4.69, 9.17) is 19.6 Å². The summed E-state index contributed by atoms with van der Waals surface area (Å²) in [7, 11) is -4.45. The number of amides is 1. The summed E-state index contributed by atoms with van der Waals surface area (Å²) >= 11 is 0. The number of carbonyl (C=O) groups is 1. The second-order valence-corrected chi connectivity index (χ2v) is 6.14. The molecule has 1 rings (SSSR count). The van der Waals surface area contributed by atoms with E-state index in [-0.39, 0.29) is 0 Å². The topological polar surface area (TPSA) is 157 Å². The highest BCUT2D eigenvalue weighted by atomic mass is 31.2. The van der Waals surface area contributed by atoms with Crippen LogP contribution in [0.5, 0.6) is 0 Å². The number of hydrogen-bond donors (Lipinski definition) is 6. The van der Waals surface area contributed by atoms with Gasteiger partial charge in [-0.3, -0.25) is 9.36 Å². The van der Waals surface area contributed by atoms with Gasteiger partial charge in [0, 0.05) is 6.92 Å². The Morgan fingerprint density at radius 3 is 2.26 bits per heavy atom. The third-order valence-corrected chi connectivity index (χ3v) is 3.65. The minimum absolute atomic E-state index is 0.544. The standard InChI is InChI=1S/C9H18NO8P/c1-4(12)10-7-6(3-19(15,16)17)18-5(2-11)8(13)9(7)14/h5-9,11,13-14H,2-3H2,1H3,(H,10,12)(H2,15,16,17)/t5?,6-,7?,8-,9?/m1/s1. The molecule has 9 nitrogen and oxygen atoms in total. The number of aliphatic hydroxyl groups is 3. The Morgan fingerprint density at radius 2 is 1.84 bits per heavy atom. The number of hydrogen-bond acceptors (Lipinski definition) is 6. The van der Waals surface area contributed by atoms with E-state index >= 15 is 0 Å². The minimum Gasteiger partial charge on any atom is -0.394 e. The largest absolute Gasteiger partial charge is 0.394 e. The van der Waals surface area contributed by atoms with Crippen LogP contribution in [0.25, 0.3) is 0 Å². The third-order valence-electron chi connectivity index (χ3n) is 2.82. The fourth-order valence-corrected chi connectivity index (χ4v) is 2.78. The van der Waals surface area contributed by atoms with Crippen molar-refractivity contribution in [3.63, 3.8) is 0 Å². The Morgan fingerprint density at radius 1 is 1.26 bits per heavy atom. The summed E-state index contributed by atoms with van der Waals surface area (Å²) in [4.78, 5) is 28.9.